The molecular formula is C24H35NO5S. The number of nitrogens with one attached hydrogen (secondary N) is 1. The predicted octanol–water partition coefficient (Wildman–Crippen LogP) is 6.02. The van der Waals surface area contributed by atoms with Crippen molar-refractivity contribution in [2.45, 2.75) is 97.0 Å². The molecule has 1 amide bonds. The minimum atomic E-state index is -0.518. The third-order valence-electron chi connectivity index (χ3n) is 6.39. The molecule has 0 spiro atoms. The molecule has 0 aliphatic heterocycles. The van der Waals surface area contributed by atoms with Crippen LogP contribution in [0.4, 0.5) is 5.00 Å². The van der Waals surface area contributed by atoms with Crippen LogP contribution in [0.2, 0.25) is 0 Å². The van der Waals surface area contributed by atoms with Gasteiger partial charge in [0.25, 0.3) is 0 Å². The summed E-state index contributed by atoms with van der Waals surface area (Å²) in [5.41, 5.74) is 0.792. The largest absolute Gasteiger partial charge is 0.462 e. The van der Waals surface area contributed by atoms with E-state index in [2.05, 4.69) is 5.32 Å². The Morgan fingerprint density at radius 2 is 1.61 bits per heavy atom. The maximum atomic E-state index is 12.8. The fraction of sp³-hybridized carbons (Fsp3) is 0.708. The highest BCUT2D eigenvalue weighted by Gasteiger charge is 2.29. The summed E-state index contributed by atoms with van der Waals surface area (Å²) in [5.74, 6) is -0.446. The normalized spacial score (nSPS) is 17.9. The molecule has 7 heteroatoms. The van der Waals surface area contributed by atoms with E-state index in [1.165, 1.54) is 38.5 Å². The number of hydrogen-bond donors (Lipinski definition) is 1. The molecule has 0 atom stereocenters. The topological polar surface area (TPSA) is 81.7 Å². The van der Waals surface area contributed by atoms with E-state index in [4.69, 9.17) is 9.47 Å². The molecule has 6 nitrogen and oxygen atoms in total. The second kappa shape index (κ2) is 11.7. The smallest absolute Gasteiger partial charge is 0.348 e. The zero-order valence-electron chi connectivity index (χ0n) is 18.8. The van der Waals surface area contributed by atoms with Crippen LogP contribution in [0.3, 0.4) is 0 Å². The van der Waals surface area contributed by atoms with Crippen LogP contribution in [0.1, 0.15) is 110 Å². The van der Waals surface area contributed by atoms with Gasteiger partial charge >= 0.3 is 11.9 Å². The average Bonchev–Trinajstić information content (AvgIpc) is 3.09. The van der Waals surface area contributed by atoms with Crippen molar-refractivity contribution in [3.05, 3.63) is 16.0 Å². The lowest BCUT2D eigenvalue weighted by Gasteiger charge is -2.21. The van der Waals surface area contributed by atoms with Crippen molar-refractivity contribution < 1.29 is 23.9 Å². The maximum absolute atomic E-state index is 12.8. The quantitative estimate of drug-likeness (QED) is 0.491. The number of thiophene rings is 1. The number of rotatable bonds is 8. The van der Waals surface area contributed by atoms with Gasteiger partial charge in [-0.1, -0.05) is 38.5 Å². The molecule has 0 saturated heterocycles. The van der Waals surface area contributed by atoms with Gasteiger partial charge in [-0.2, -0.15) is 0 Å². The highest BCUT2D eigenvalue weighted by Crippen LogP contribution is 2.35. The highest BCUT2D eigenvalue weighted by atomic mass is 32.1. The predicted molar refractivity (Wildman–Crippen MR) is 122 cm³/mol. The molecule has 0 unspecified atom stereocenters. The fourth-order valence-corrected chi connectivity index (χ4v) is 5.73. The molecule has 2 fully saturated rings. The Morgan fingerprint density at radius 3 is 2.26 bits per heavy atom. The van der Waals surface area contributed by atoms with Gasteiger partial charge in [-0.05, 0) is 57.4 Å². The summed E-state index contributed by atoms with van der Waals surface area (Å²) in [6.07, 6.45) is 12.5. The van der Waals surface area contributed by atoms with Crippen molar-refractivity contribution in [3.63, 3.8) is 0 Å². The van der Waals surface area contributed by atoms with E-state index in [1.807, 2.05) is 0 Å². The lowest BCUT2D eigenvalue weighted by Crippen LogP contribution is -2.21. The zero-order chi connectivity index (χ0) is 22.2. The Balaban J connectivity index is 1.70. The van der Waals surface area contributed by atoms with E-state index in [0.29, 0.717) is 27.8 Å². The number of carbonyl (C=O) groups is 3. The van der Waals surface area contributed by atoms with E-state index < -0.39 is 11.9 Å². The SMILES string of the molecule is CCOC(=O)c1c(NC(=O)CCC2CCCCC2)sc(C(=O)OC2CCCCC2)c1C. The standard InChI is InChI=1S/C24H35NO5S/c1-3-29-23(27)20-16(2)21(24(28)30-18-12-8-5-9-13-18)31-22(20)25-19(26)15-14-17-10-6-4-7-11-17/h17-18H,3-15H2,1-2H3,(H,25,26). The number of esters is 2. The van der Waals surface area contributed by atoms with Gasteiger partial charge in [0.1, 0.15) is 16.0 Å². The van der Waals surface area contributed by atoms with Crippen molar-refractivity contribution in [3.8, 4) is 0 Å². The number of anilines is 1. The van der Waals surface area contributed by atoms with Crippen LogP contribution in [0.15, 0.2) is 0 Å². The van der Waals surface area contributed by atoms with Gasteiger partial charge in [-0.15, -0.1) is 11.3 Å². The van der Waals surface area contributed by atoms with E-state index in [1.54, 1.807) is 13.8 Å². The van der Waals surface area contributed by atoms with Gasteiger partial charge in [0.15, 0.2) is 0 Å². The van der Waals surface area contributed by atoms with Gasteiger partial charge < -0.3 is 14.8 Å². The monoisotopic (exact) mass is 449 g/mol. The van der Waals surface area contributed by atoms with E-state index in [-0.39, 0.29) is 24.2 Å². The molecule has 0 radical (unpaired) electrons. The summed E-state index contributed by atoms with van der Waals surface area (Å²) in [5, 5.41) is 3.27. The Labute approximate surface area is 189 Å². The second-order valence-electron chi connectivity index (χ2n) is 8.74. The zero-order valence-corrected chi connectivity index (χ0v) is 19.6. The molecule has 0 bridgehead atoms. The third kappa shape index (κ3) is 6.55. The van der Waals surface area contributed by atoms with Crippen LogP contribution in [-0.4, -0.2) is 30.6 Å². The Hall–Kier alpha value is -1.89. The van der Waals surface area contributed by atoms with E-state index >= 15 is 0 Å². The number of ether oxygens (including phenoxy) is 2. The molecule has 1 aromatic rings. The summed E-state index contributed by atoms with van der Waals surface area (Å²) in [4.78, 5) is 38.4. The summed E-state index contributed by atoms with van der Waals surface area (Å²) < 4.78 is 10.9. The lowest BCUT2D eigenvalue weighted by atomic mass is 9.86. The minimum Gasteiger partial charge on any atom is -0.462 e. The van der Waals surface area contributed by atoms with Gasteiger partial charge in [-0.25, -0.2) is 9.59 Å². The third-order valence-corrected chi connectivity index (χ3v) is 7.58. The van der Waals surface area contributed by atoms with E-state index in [0.717, 1.165) is 43.4 Å². The average molecular weight is 450 g/mol. The first kappa shape index (κ1) is 23.8. The van der Waals surface area contributed by atoms with Crippen LogP contribution < -0.4 is 5.32 Å². The Morgan fingerprint density at radius 1 is 0.968 bits per heavy atom. The number of carbonyl (C=O) groups excluding carboxylic acids is 3. The van der Waals surface area contributed by atoms with Gasteiger partial charge in [0, 0.05) is 6.42 Å². The molecule has 2 aliphatic carbocycles. The molecule has 1 N–H and O–H groups in total. The first-order valence-corrected chi connectivity index (χ1v) is 12.6. The summed E-state index contributed by atoms with van der Waals surface area (Å²) >= 11 is 1.12. The number of hydrogen-bond acceptors (Lipinski definition) is 6. The van der Waals surface area contributed by atoms with Crippen LogP contribution in [-0.2, 0) is 14.3 Å². The highest BCUT2D eigenvalue weighted by molar-refractivity contribution is 7.18. The molecule has 172 valence electrons. The Kier molecular flexibility index (Phi) is 8.93. The molecule has 31 heavy (non-hydrogen) atoms. The minimum absolute atomic E-state index is 0.0673. The van der Waals surface area contributed by atoms with Gasteiger partial charge in [0.05, 0.1) is 12.2 Å². The molecule has 3 rings (SSSR count). The van der Waals surface area contributed by atoms with Crippen molar-refractivity contribution in [1.29, 1.82) is 0 Å². The van der Waals surface area contributed by atoms with Crippen LogP contribution in [0, 0.1) is 12.8 Å². The summed E-state index contributed by atoms with van der Waals surface area (Å²) in [6.45, 7) is 3.68. The van der Waals surface area contributed by atoms with Crippen LogP contribution >= 0.6 is 11.3 Å². The van der Waals surface area contributed by atoms with Crippen LogP contribution in [0.5, 0.6) is 0 Å². The summed E-state index contributed by atoms with van der Waals surface area (Å²) in [6, 6.07) is 0. The molecule has 1 aromatic heterocycles. The van der Waals surface area contributed by atoms with Gasteiger partial charge in [-0.3, -0.25) is 4.79 Å². The van der Waals surface area contributed by atoms with Crippen molar-refractivity contribution in [2.24, 2.45) is 5.92 Å². The molecule has 2 saturated carbocycles. The summed E-state index contributed by atoms with van der Waals surface area (Å²) in [7, 11) is 0. The van der Waals surface area contributed by atoms with Crippen molar-refractivity contribution >= 4 is 34.2 Å². The number of amides is 1. The maximum Gasteiger partial charge on any atom is 0.348 e. The first-order valence-electron chi connectivity index (χ1n) is 11.8. The first-order chi connectivity index (χ1) is 15.0. The van der Waals surface area contributed by atoms with Crippen molar-refractivity contribution in [2.75, 3.05) is 11.9 Å². The second-order valence-corrected chi connectivity index (χ2v) is 9.76. The fourth-order valence-electron chi connectivity index (χ4n) is 4.63. The van der Waals surface area contributed by atoms with Crippen molar-refractivity contribution in [1.82, 2.24) is 0 Å². The van der Waals surface area contributed by atoms with Gasteiger partial charge in [0.2, 0.25) is 5.91 Å². The molecule has 0 aromatic carbocycles. The molecule has 2 aliphatic rings. The molecular weight excluding hydrogens is 414 g/mol. The molecule has 1 heterocycles. The Bertz CT molecular complexity index is 775. The van der Waals surface area contributed by atoms with E-state index in [9.17, 15) is 14.4 Å². The lowest BCUT2D eigenvalue weighted by molar-refractivity contribution is -0.116. The van der Waals surface area contributed by atoms with Crippen LogP contribution in [0.25, 0.3) is 0 Å².